The van der Waals surface area contributed by atoms with E-state index in [1.165, 1.54) is 21.4 Å². The second kappa shape index (κ2) is 7.55. The predicted molar refractivity (Wildman–Crippen MR) is 103 cm³/mol. The van der Waals surface area contributed by atoms with Gasteiger partial charge in [0.15, 0.2) is 0 Å². The van der Waals surface area contributed by atoms with Crippen LogP contribution in [0.1, 0.15) is 37.1 Å². The minimum Gasteiger partial charge on any atom is -0.381 e. The Hall–Kier alpha value is -2.25. The lowest BCUT2D eigenvalue weighted by Crippen LogP contribution is -2.17. The van der Waals surface area contributed by atoms with Crippen LogP contribution in [0.15, 0.2) is 41.2 Å². The van der Waals surface area contributed by atoms with Gasteiger partial charge in [0.25, 0.3) is 5.56 Å². The average Bonchev–Trinajstić information content (AvgIpc) is 3.31. The number of hydrogen-bond acceptors (Lipinski definition) is 6. The van der Waals surface area contributed by atoms with E-state index in [0.717, 1.165) is 43.3 Å². The van der Waals surface area contributed by atoms with Crippen molar-refractivity contribution in [3.05, 3.63) is 58.0 Å². The molecule has 1 aromatic carbocycles. The third-order valence-electron chi connectivity index (χ3n) is 4.75. The monoisotopic (exact) mass is 370 g/mol. The highest BCUT2D eigenvalue weighted by Gasteiger charge is 2.23. The molecule has 7 heteroatoms. The summed E-state index contributed by atoms with van der Waals surface area (Å²) in [7, 11) is 0. The quantitative estimate of drug-likeness (QED) is 0.721. The summed E-state index contributed by atoms with van der Waals surface area (Å²) in [5.41, 5.74) is 1.89. The second-order valence-electron chi connectivity index (χ2n) is 6.61. The number of ether oxygens (including phenoxy) is 1. The summed E-state index contributed by atoms with van der Waals surface area (Å²) in [6.45, 7) is 3.64. The summed E-state index contributed by atoms with van der Waals surface area (Å²) in [6, 6.07) is 12.1. The van der Waals surface area contributed by atoms with E-state index in [-0.39, 0.29) is 11.6 Å². The van der Waals surface area contributed by atoms with E-state index >= 15 is 0 Å². The third-order valence-corrected chi connectivity index (χ3v) is 5.59. The second-order valence-corrected chi connectivity index (χ2v) is 7.57. The number of benzene rings is 1. The van der Waals surface area contributed by atoms with Gasteiger partial charge in [0.2, 0.25) is 10.1 Å². The van der Waals surface area contributed by atoms with Gasteiger partial charge in [-0.1, -0.05) is 48.6 Å². The first-order valence-corrected chi connectivity index (χ1v) is 9.83. The zero-order chi connectivity index (χ0) is 17.9. The van der Waals surface area contributed by atoms with Crippen molar-refractivity contribution >= 4 is 21.4 Å². The van der Waals surface area contributed by atoms with E-state index in [1.54, 1.807) is 6.07 Å². The molecule has 1 fully saturated rings. The molecule has 1 aliphatic rings. The molecule has 0 radical (unpaired) electrons. The minimum atomic E-state index is -0.128. The van der Waals surface area contributed by atoms with Crippen LogP contribution in [0, 0.1) is 5.92 Å². The lowest BCUT2D eigenvalue weighted by atomic mass is 9.94. The molecule has 2 aromatic heterocycles. The fourth-order valence-corrected chi connectivity index (χ4v) is 4.19. The normalized spacial score (nSPS) is 18.3. The van der Waals surface area contributed by atoms with Crippen LogP contribution in [0.4, 0.5) is 5.13 Å². The SMILES string of the molecule is CCc1cc(=O)n2nc(NC(CC3CCOC3)c3ccccc3)sc2n1. The van der Waals surface area contributed by atoms with Gasteiger partial charge < -0.3 is 10.1 Å². The molecule has 6 nitrogen and oxygen atoms in total. The van der Waals surface area contributed by atoms with E-state index in [9.17, 15) is 4.79 Å². The first-order valence-electron chi connectivity index (χ1n) is 9.02. The lowest BCUT2D eigenvalue weighted by Gasteiger charge is -2.21. The molecular formula is C19H22N4O2S. The number of nitrogens with zero attached hydrogens (tertiary/aromatic N) is 3. The summed E-state index contributed by atoms with van der Waals surface area (Å²) in [4.78, 5) is 17.4. The summed E-state index contributed by atoms with van der Waals surface area (Å²) < 4.78 is 6.92. The lowest BCUT2D eigenvalue weighted by molar-refractivity contribution is 0.183. The fourth-order valence-electron chi connectivity index (χ4n) is 3.31. The third kappa shape index (κ3) is 3.64. The zero-order valence-electron chi connectivity index (χ0n) is 14.7. The van der Waals surface area contributed by atoms with Gasteiger partial charge in [-0.2, -0.15) is 4.52 Å². The fraction of sp³-hybridized carbons (Fsp3) is 0.421. The van der Waals surface area contributed by atoms with Gasteiger partial charge in [0.05, 0.1) is 6.04 Å². The summed E-state index contributed by atoms with van der Waals surface area (Å²) in [5.74, 6) is 0.537. The van der Waals surface area contributed by atoms with E-state index in [2.05, 4.69) is 27.5 Å². The Morgan fingerprint density at radius 1 is 1.38 bits per heavy atom. The number of hydrogen-bond donors (Lipinski definition) is 1. The van der Waals surface area contributed by atoms with Crippen LogP contribution in [0.5, 0.6) is 0 Å². The molecule has 26 heavy (non-hydrogen) atoms. The van der Waals surface area contributed by atoms with Crippen LogP contribution in [0.25, 0.3) is 4.96 Å². The number of nitrogens with one attached hydrogen (secondary N) is 1. The Kier molecular flexibility index (Phi) is 4.99. The summed E-state index contributed by atoms with van der Waals surface area (Å²) in [6.07, 6.45) is 2.80. The van der Waals surface area contributed by atoms with Gasteiger partial charge >= 0.3 is 0 Å². The van der Waals surface area contributed by atoms with Gasteiger partial charge in [0.1, 0.15) is 0 Å². The van der Waals surface area contributed by atoms with Gasteiger partial charge in [0, 0.05) is 25.0 Å². The number of rotatable bonds is 6. The van der Waals surface area contributed by atoms with Crippen molar-refractivity contribution in [2.75, 3.05) is 18.5 Å². The van der Waals surface area contributed by atoms with Gasteiger partial charge in [-0.25, -0.2) is 4.98 Å². The number of fused-ring (bicyclic) bond motifs is 1. The highest BCUT2D eigenvalue weighted by molar-refractivity contribution is 7.20. The van der Waals surface area contributed by atoms with Crippen LogP contribution in [-0.4, -0.2) is 27.8 Å². The maximum absolute atomic E-state index is 12.2. The molecule has 0 spiro atoms. The molecule has 3 heterocycles. The molecule has 1 aliphatic heterocycles. The first kappa shape index (κ1) is 17.2. The molecule has 1 saturated heterocycles. The average molecular weight is 370 g/mol. The molecule has 3 aromatic rings. The standard InChI is InChI=1S/C19H22N4O2S/c1-2-15-11-17(24)23-19(20-15)26-18(22-23)21-16(10-13-8-9-25-12-13)14-6-4-3-5-7-14/h3-7,11,13,16H,2,8-10,12H2,1H3,(H,21,22). The molecule has 1 N–H and O–H groups in total. The number of anilines is 1. The van der Waals surface area contributed by atoms with Gasteiger partial charge in [-0.15, -0.1) is 5.10 Å². The molecule has 0 saturated carbocycles. The van der Waals surface area contributed by atoms with Crippen LogP contribution < -0.4 is 10.9 Å². The summed E-state index contributed by atoms with van der Waals surface area (Å²) >= 11 is 1.42. The number of aromatic nitrogens is 3. The van der Waals surface area contributed by atoms with Crippen LogP contribution >= 0.6 is 11.3 Å². The van der Waals surface area contributed by atoms with Crippen molar-refractivity contribution < 1.29 is 4.74 Å². The molecule has 2 unspecified atom stereocenters. The Morgan fingerprint density at radius 2 is 2.23 bits per heavy atom. The van der Waals surface area contributed by atoms with E-state index < -0.39 is 0 Å². The van der Waals surface area contributed by atoms with Crippen molar-refractivity contribution in [2.45, 2.75) is 32.2 Å². The molecule has 4 rings (SSSR count). The Bertz CT molecular complexity index is 932. The van der Waals surface area contributed by atoms with Crippen molar-refractivity contribution in [1.82, 2.24) is 14.6 Å². The zero-order valence-corrected chi connectivity index (χ0v) is 15.5. The largest absolute Gasteiger partial charge is 0.381 e. The van der Waals surface area contributed by atoms with Crippen molar-refractivity contribution in [1.29, 1.82) is 0 Å². The van der Waals surface area contributed by atoms with Crippen LogP contribution in [0.3, 0.4) is 0 Å². The molecule has 0 bridgehead atoms. The Labute approximate surface area is 155 Å². The molecule has 136 valence electrons. The highest BCUT2D eigenvalue weighted by atomic mass is 32.1. The van der Waals surface area contributed by atoms with E-state index in [1.807, 2.05) is 25.1 Å². The predicted octanol–water partition coefficient (Wildman–Crippen LogP) is 3.29. The van der Waals surface area contributed by atoms with E-state index in [0.29, 0.717) is 10.9 Å². The maximum Gasteiger partial charge on any atom is 0.275 e. The molecule has 0 amide bonds. The molecular weight excluding hydrogens is 348 g/mol. The number of aryl methyl sites for hydroxylation is 1. The van der Waals surface area contributed by atoms with Crippen molar-refractivity contribution in [2.24, 2.45) is 5.92 Å². The summed E-state index contributed by atoms with van der Waals surface area (Å²) in [5, 5.41) is 8.69. The van der Waals surface area contributed by atoms with E-state index in [4.69, 9.17) is 4.74 Å². The minimum absolute atomic E-state index is 0.128. The topological polar surface area (TPSA) is 68.5 Å². The first-order chi connectivity index (χ1) is 12.7. The van der Waals surface area contributed by atoms with Crippen LogP contribution in [-0.2, 0) is 11.2 Å². The van der Waals surface area contributed by atoms with Crippen LogP contribution in [0.2, 0.25) is 0 Å². The van der Waals surface area contributed by atoms with Gasteiger partial charge in [-0.05, 0) is 30.7 Å². The van der Waals surface area contributed by atoms with Gasteiger partial charge in [-0.3, -0.25) is 4.79 Å². The molecule has 2 atom stereocenters. The Balaban J connectivity index is 1.63. The molecule has 0 aliphatic carbocycles. The smallest absolute Gasteiger partial charge is 0.275 e. The Morgan fingerprint density at radius 3 is 2.96 bits per heavy atom. The highest BCUT2D eigenvalue weighted by Crippen LogP contribution is 2.30. The van der Waals surface area contributed by atoms with Crippen molar-refractivity contribution in [3.8, 4) is 0 Å². The van der Waals surface area contributed by atoms with Crippen molar-refractivity contribution in [3.63, 3.8) is 0 Å². The maximum atomic E-state index is 12.2.